The van der Waals surface area contributed by atoms with Crippen LogP contribution in [0.3, 0.4) is 0 Å². The van der Waals surface area contributed by atoms with Gasteiger partial charge in [0.05, 0.1) is 0 Å². The Hall–Kier alpha value is -1.98. The quantitative estimate of drug-likeness (QED) is 0.824. The molecule has 1 N–H and O–H groups in total. The minimum atomic E-state index is -2.31. The molecular formula is C20H24F2N2O. The van der Waals surface area contributed by atoms with Gasteiger partial charge in [-0.25, -0.2) is 8.78 Å². The molecule has 0 bridgehead atoms. The van der Waals surface area contributed by atoms with E-state index in [0.29, 0.717) is 6.61 Å². The van der Waals surface area contributed by atoms with Crippen LogP contribution < -0.4 is 10.1 Å². The van der Waals surface area contributed by atoms with Gasteiger partial charge in [-0.15, -0.1) is 0 Å². The van der Waals surface area contributed by atoms with Crippen LogP contribution in [-0.4, -0.2) is 37.5 Å². The van der Waals surface area contributed by atoms with Gasteiger partial charge in [0.25, 0.3) is 0 Å². The van der Waals surface area contributed by atoms with Gasteiger partial charge in [0.15, 0.2) is 0 Å². The Labute approximate surface area is 147 Å². The van der Waals surface area contributed by atoms with Gasteiger partial charge in [-0.1, -0.05) is 42.5 Å². The molecule has 0 amide bonds. The zero-order valence-corrected chi connectivity index (χ0v) is 14.2. The third-order valence-corrected chi connectivity index (χ3v) is 4.51. The van der Waals surface area contributed by atoms with Crippen LogP contribution in [-0.2, 0) is 6.61 Å². The number of hydrogen-bond donors (Lipinski definition) is 1. The SMILES string of the molecule is FC(F)C[C@@H](c1ccc(OCc2ccccc2)cc1)N1CCNCC1. The first-order chi connectivity index (χ1) is 12.2. The fourth-order valence-corrected chi connectivity index (χ4v) is 3.19. The Kier molecular flexibility index (Phi) is 6.36. The van der Waals surface area contributed by atoms with Crippen LogP contribution in [0.2, 0.25) is 0 Å². The van der Waals surface area contributed by atoms with Gasteiger partial charge in [-0.3, -0.25) is 4.90 Å². The fraction of sp³-hybridized carbons (Fsp3) is 0.400. The Bertz CT molecular complexity index is 628. The zero-order valence-electron chi connectivity index (χ0n) is 14.2. The predicted molar refractivity (Wildman–Crippen MR) is 95.0 cm³/mol. The van der Waals surface area contributed by atoms with Gasteiger partial charge in [0, 0.05) is 38.6 Å². The van der Waals surface area contributed by atoms with E-state index in [9.17, 15) is 8.78 Å². The van der Waals surface area contributed by atoms with E-state index in [1.54, 1.807) is 0 Å². The first-order valence-corrected chi connectivity index (χ1v) is 8.72. The maximum Gasteiger partial charge on any atom is 0.240 e. The number of halogens is 2. The summed E-state index contributed by atoms with van der Waals surface area (Å²) in [6.07, 6.45) is -2.45. The Morgan fingerprint density at radius 3 is 2.28 bits per heavy atom. The molecule has 2 aromatic rings. The molecule has 1 atom stereocenters. The van der Waals surface area contributed by atoms with Crippen molar-refractivity contribution in [1.29, 1.82) is 0 Å². The van der Waals surface area contributed by atoms with Crippen molar-refractivity contribution in [1.82, 2.24) is 10.2 Å². The van der Waals surface area contributed by atoms with Crippen molar-refractivity contribution in [2.75, 3.05) is 26.2 Å². The van der Waals surface area contributed by atoms with Gasteiger partial charge in [-0.2, -0.15) is 0 Å². The van der Waals surface area contributed by atoms with Crippen molar-refractivity contribution in [3.8, 4) is 5.75 Å². The van der Waals surface area contributed by atoms with Crippen molar-refractivity contribution in [2.24, 2.45) is 0 Å². The maximum absolute atomic E-state index is 13.0. The summed E-state index contributed by atoms with van der Waals surface area (Å²) in [4.78, 5) is 2.14. The summed E-state index contributed by atoms with van der Waals surface area (Å²) >= 11 is 0. The molecule has 25 heavy (non-hydrogen) atoms. The van der Waals surface area contributed by atoms with Gasteiger partial charge in [-0.05, 0) is 23.3 Å². The monoisotopic (exact) mass is 346 g/mol. The van der Waals surface area contributed by atoms with Crippen molar-refractivity contribution < 1.29 is 13.5 Å². The summed E-state index contributed by atoms with van der Waals surface area (Å²) in [5.74, 6) is 0.753. The van der Waals surface area contributed by atoms with Crippen LogP contribution in [0.25, 0.3) is 0 Å². The minimum absolute atomic E-state index is 0.135. The van der Waals surface area contributed by atoms with Crippen molar-refractivity contribution in [3.63, 3.8) is 0 Å². The highest BCUT2D eigenvalue weighted by Gasteiger charge is 2.25. The molecule has 2 aromatic carbocycles. The Morgan fingerprint density at radius 2 is 1.64 bits per heavy atom. The third kappa shape index (κ3) is 5.25. The summed E-state index contributed by atoms with van der Waals surface area (Å²) in [6, 6.07) is 17.3. The van der Waals surface area contributed by atoms with Crippen LogP contribution >= 0.6 is 0 Å². The van der Waals surface area contributed by atoms with Crippen LogP contribution in [0, 0.1) is 0 Å². The largest absolute Gasteiger partial charge is 0.489 e. The highest BCUT2D eigenvalue weighted by Crippen LogP contribution is 2.29. The molecule has 134 valence electrons. The van der Waals surface area contributed by atoms with Crippen LogP contribution in [0.5, 0.6) is 5.75 Å². The van der Waals surface area contributed by atoms with E-state index in [1.165, 1.54) is 0 Å². The molecule has 1 aliphatic rings. The number of ether oxygens (including phenoxy) is 1. The number of nitrogens with zero attached hydrogens (tertiary/aromatic N) is 1. The fourth-order valence-electron chi connectivity index (χ4n) is 3.19. The number of hydrogen-bond acceptors (Lipinski definition) is 3. The van der Waals surface area contributed by atoms with Crippen LogP contribution in [0.15, 0.2) is 54.6 Å². The highest BCUT2D eigenvalue weighted by molar-refractivity contribution is 5.30. The molecule has 0 radical (unpaired) electrons. The highest BCUT2D eigenvalue weighted by atomic mass is 19.3. The second kappa shape index (κ2) is 8.92. The number of nitrogens with one attached hydrogen (secondary N) is 1. The van der Waals surface area contributed by atoms with Gasteiger partial charge >= 0.3 is 0 Å². The third-order valence-electron chi connectivity index (χ3n) is 4.51. The summed E-state index contributed by atoms with van der Waals surface area (Å²) in [5, 5.41) is 3.27. The molecular weight excluding hydrogens is 322 g/mol. The molecule has 5 heteroatoms. The van der Waals surface area contributed by atoms with E-state index < -0.39 is 6.43 Å². The smallest absolute Gasteiger partial charge is 0.240 e. The lowest BCUT2D eigenvalue weighted by Gasteiger charge is -2.35. The summed E-state index contributed by atoms with van der Waals surface area (Å²) in [6.45, 7) is 3.78. The summed E-state index contributed by atoms with van der Waals surface area (Å²) in [5.41, 5.74) is 2.03. The second-order valence-electron chi connectivity index (χ2n) is 6.27. The zero-order chi connectivity index (χ0) is 17.5. The number of piperazine rings is 1. The molecule has 1 fully saturated rings. The number of benzene rings is 2. The van der Waals surface area contributed by atoms with Gasteiger partial charge in [0.2, 0.25) is 6.43 Å². The van der Waals surface area contributed by atoms with Gasteiger partial charge < -0.3 is 10.1 Å². The predicted octanol–water partition coefficient (Wildman–Crippen LogP) is 3.87. The van der Waals surface area contributed by atoms with E-state index in [2.05, 4.69) is 10.2 Å². The van der Waals surface area contributed by atoms with E-state index >= 15 is 0 Å². The normalized spacial score (nSPS) is 16.8. The Morgan fingerprint density at radius 1 is 0.960 bits per heavy atom. The molecule has 3 nitrogen and oxygen atoms in total. The minimum Gasteiger partial charge on any atom is -0.489 e. The Balaban J connectivity index is 1.65. The van der Waals surface area contributed by atoms with Crippen molar-refractivity contribution in [3.05, 3.63) is 65.7 Å². The van der Waals surface area contributed by atoms with E-state index in [-0.39, 0.29) is 12.5 Å². The van der Waals surface area contributed by atoms with Crippen LogP contribution in [0.1, 0.15) is 23.6 Å². The molecule has 3 rings (SSSR count). The lowest BCUT2D eigenvalue weighted by atomic mass is 10.0. The standard InChI is InChI=1S/C20H24F2N2O/c21-20(22)14-19(24-12-10-23-11-13-24)17-6-8-18(9-7-17)25-15-16-4-2-1-3-5-16/h1-9,19-20,23H,10-15H2/t19-/m0/s1. The molecule has 1 heterocycles. The number of alkyl halides is 2. The molecule has 0 aromatic heterocycles. The first kappa shape index (κ1) is 17.8. The number of rotatable bonds is 7. The molecule has 1 aliphatic heterocycles. The summed E-state index contributed by atoms with van der Waals surface area (Å²) < 4.78 is 31.9. The summed E-state index contributed by atoms with van der Waals surface area (Å²) in [7, 11) is 0. The lowest BCUT2D eigenvalue weighted by Crippen LogP contribution is -2.45. The van der Waals surface area contributed by atoms with Crippen molar-refractivity contribution >= 4 is 0 Å². The van der Waals surface area contributed by atoms with Crippen LogP contribution in [0.4, 0.5) is 8.78 Å². The van der Waals surface area contributed by atoms with E-state index in [0.717, 1.165) is 43.1 Å². The van der Waals surface area contributed by atoms with E-state index in [1.807, 2.05) is 54.6 Å². The second-order valence-corrected chi connectivity index (χ2v) is 6.27. The maximum atomic E-state index is 13.0. The van der Waals surface area contributed by atoms with Crippen molar-refractivity contribution in [2.45, 2.75) is 25.5 Å². The molecule has 0 unspecified atom stereocenters. The molecule has 1 saturated heterocycles. The average molecular weight is 346 g/mol. The van der Waals surface area contributed by atoms with Gasteiger partial charge in [0.1, 0.15) is 12.4 Å². The molecule has 0 aliphatic carbocycles. The lowest BCUT2D eigenvalue weighted by molar-refractivity contribution is 0.0739. The molecule has 0 saturated carbocycles. The van der Waals surface area contributed by atoms with E-state index in [4.69, 9.17) is 4.74 Å². The molecule has 0 spiro atoms. The first-order valence-electron chi connectivity index (χ1n) is 8.72. The average Bonchev–Trinajstić information content (AvgIpc) is 2.66. The topological polar surface area (TPSA) is 24.5 Å².